The molecule has 106 valence electrons. The lowest BCUT2D eigenvalue weighted by Gasteiger charge is -2.17. The first-order chi connectivity index (χ1) is 9.63. The first kappa shape index (κ1) is 14.3. The Balaban J connectivity index is 2.30. The Bertz CT molecular complexity index is 592. The third-order valence-corrected chi connectivity index (χ3v) is 3.34. The van der Waals surface area contributed by atoms with E-state index in [4.69, 9.17) is 4.42 Å². The van der Waals surface area contributed by atoms with Gasteiger partial charge in [-0.05, 0) is 26.0 Å². The van der Waals surface area contributed by atoms with E-state index in [1.807, 2.05) is 26.0 Å². The van der Waals surface area contributed by atoms with Crippen LogP contribution in [0.5, 0.6) is 0 Å². The summed E-state index contributed by atoms with van der Waals surface area (Å²) < 4.78 is 5.33. The molecule has 1 unspecified atom stereocenters. The predicted molar refractivity (Wildman–Crippen MR) is 76.7 cm³/mol. The molecular formula is C15H18N2O3. The highest BCUT2D eigenvalue weighted by Gasteiger charge is 2.20. The van der Waals surface area contributed by atoms with Gasteiger partial charge in [0, 0.05) is 23.2 Å². The Labute approximate surface area is 117 Å². The van der Waals surface area contributed by atoms with E-state index in [9.17, 15) is 10.1 Å². The molecule has 0 amide bonds. The van der Waals surface area contributed by atoms with Gasteiger partial charge in [0.15, 0.2) is 0 Å². The molecule has 0 aliphatic carbocycles. The van der Waals surface area contributed by atoms with E-state index < -0.39 is 0 Å². The molecule has 5 heteroatoms. The number of nitrogens with zero attached hydrogens (tertiary/aromatic N) is 1. The molecule has 0 bridgehead atoms. The van der Waals surface area contributed by atoms with Gasteiger partial charge < -0.3 is 9.73 Å². The molecular weight excluding hydrogens is 256 g/mol. The average Bonchev–Trinajstić information content (AvgIpc) is 2.85. The predicted octanol–water partition coefficient (Wildman–Crippen LogP) is 3.39. The van der Waals surface area contributed by atoms with Crippen molar-refractivity contribution in [3.05, 3.63) is 63.6 Å². The number of para-hydroxylation sites is 1. The van der Waals surface area contributed by atoms with Crippen LogP contribution in [0.2, 0.25) is 0 Å². The number of nitro benzene ring substituents is 1. The lowest BCUT2D eigenvalue weighted by atomic mass is 9.98. The smallest absolute Gasteiger partial charge is 0.272 e. The Morgan fingerprint density at radius 3 is 2.70 bits per heavy atom. The minimum atomic E-state index is -0.333. The molecule has 0 fully saturated rings. The molecule has 0 aliphatic heterocycles. The zero-order chi connectivity index (χ0) is 14.5. The first-order valence-corrected chi connectivity index (χ1v) is 6.63. The number of nitrogens with one attached hydrogen (secondary N) is 1. The Hall–Kier alpha value is -2.14. The highest BCUT2D eigenvalue weighted by molar-refractivity contribution is 5.41. The van der Waals surface area contributed by atoms with Crippen molar-refractivity contribution in [2.75, 3.05) is 6.54 Å². The molecule has 2 rings (SSSR count). The maximum atomic E-state index is 11.1. The number of hydrogen-bond donors (Lipinski definition) is 1. The van der Waals surface area contributed by atoms with Crippen molar-refractivity contribution >= 4 is 5.69 Å². The second-order valence-corrected chi connectivity index (χ2v) is 4.63. The van der Waals surface area contributed by atoms with Gasteiger partial charge in [0.1, 0.15) is 5.76 Å². The van der Waals surface area contributed by atoms with Gasteiger partial charge in [-0.25, -0.2) is 0 Å². The summed E-state index contributed by atoms with van der Waals surface area (Å²) in [5.74, 6) is 0.842. The Morgan fingerprint density at radius 1 is 1.35 bits per heavy atom. The molecule has 0 saturated heterocycles. The van der Waals surface area contributed by atoms with Crippen LogP contribution < -0.4 is 5.32 Å². The summed E-state index contributed by atoms with van der Waals surface area (Å²) in [5, 5.41) is 14.4. The number of likely N-dealkylation sites (N-methyl/N-ethyl adjacent to an activating group) is 1. The summed E-state index contributed by atoms with van der Waals surface area (Å²) in [7, 11) is 0. The fraction of sp³-hybridized carbons (Fsp3) is 0.333. The summed E-state index contributed by atoms with van der Waals surface area (Å²) in [6, 6.07) is 8.79. The minimum absolute atomic E-state index is 0.0137. The molecule has 0 spiro atoms. The minimum Gasteiger partial charge on any atom is -0.469 e. The number of furan rings is 1. The van der Waals surface area contributed by atoms with Crippen molar-refractivity contribution in [3.63, 3.8) is 0 Å². The molecule has 1 aromatic heterocycles. The average molecular weight is 274 g/mol. The second-order valence-electron chi connectivity index (χ2n) is 4.63. The van der Waals surface area contributed by atoms with Gasteiger partial charge in [0.05, 0.1) is 11.2 Å². The van der Waals surface area contributed by atoms with Gasteiger partial charge in [0.2, 0.25) is 0 Å². The molecule has 0 saturated carbocycles. The van der Waals surface area contributed by atoms with Crippen LogP contribution in [0.25, 0.3) is 0 Å². The van der Waals surface area contributed by atoms with Crippen LogP contribution in [0.15, 0.2) is 41.0 Å². The summed E-state index contributed by atoms with van der Waals surface area (Å²) in [4.78, 5) is 10.7. The van der Waals surface area contributed by atoms with Gasteiger partial charge in [-0.15, -0.1) is 0 Å². The summed E-state index contributed by atoms with van der Waals surface area (Å²) in [5.41, 5.74) is 1.94. The van der Waals surface area contributed by atoms with Crippen LogP contribution in [-0.4, -0.2) is 11.5 Å². The van der Waals surface area contributed by atoms with Crippen LogP contribution >= 0.6 is 0 Å². The quantitative estimate of drug-likeness (QED) is 0.647. The molecule has 0 aliphatic rings. The van der Waals surface area contributed by atoms with Crippen molar-refractivity contribution in [2.24, 2.45) is 0 Å². The van der Waals surface area contributed by atoms with Crippen LogP contribution in [-0.2, 0) is 6.42 Å². The number of aryl methyl sites for hydroxylation is 1. The third-order valence-electron chi connectivity index (χ3n) is 3.34. The van der Waals surface area contributed by atoms with Crippen molar-refractivity contribution in [1.82, 2.24) is 5.32 Å². The Kier molecular flexibility index (Phi) is 4.53. The number of hydrogen-bond acceptors (Lipinski definition) is 4. The normalized spacial score (nSPS) is 12.3. The maximum Gasteiger partial charge on any atom is 0.272 e. The molecule has 1 atom stereocenters. The molecule has 20 heavy (non-hydrogen) atoms. The van der Waals surface area contributed by atoms with E-state index in [0.29, 0.717) is 6.42 Å². The van der Waals surface area contributed by atoms with E-state index in [0.717, 1.165) is 23.4 Å². The highest BCUT2D eigenvalue weighted by Crippen LogP contribution is 2.27. The number of benzene rings is 1. The molecule has 1 N–H and O–H groups in total. The van der Waals surface area contributed by atoms with Crippen molar-refractivity contribution in [2.45, 2.75) is 26.3 Å². The molecule has 1 aromatic carbocycles. The highest BCUT2D eigenvalue weighted by atomic mass is 16.6. The van der Waals surface area contributed by atoms with E-state index in [-0.39, 0.29) is 16.7 Å². The maximum absolute atomic E-state index is 11.1. The van der Waals surface area contributed by atoms with E-state index in [1.165, 1.54) is 0 Å². The molecule has 0 radical (unpaired) electrons. The molecule has 1 heterocycles. The van der Waals surface area contributed by atoms with Crippen molar-refractivity contribution < 1.29 is 9.34 Å². The fourth-order valence-corrected chi connectivity index (χ4v) is 2.38. The summed E-state index contributed by atoms with van der Waals surface area (Å²) >= 11 is 0. The zero-order valence-corrected chi connectivity index (χ0v) is 11.6. The Morgan fingerprint density at radius 2 is 2.10 bits per heavy atom. The number of rotatable bonds is 6. The van der Waals surface area contributed by atoms with Crippen molar-refractivity contribution in [3.8, 4) is 0 Å². The zero-order valence-electron chi connectivity index (χ0n) is 11.6. The monoisotopic (exact) mass is 274 g/mol. The van der Waals surface area contributed by atoms with Crippen molar-refractivity contribution in [1.29, 1.82) is 0 Å². The van der Waals surface area contributed by atoms with E-state index in [2.05, 4.69) is 5.32 Å². The fourth-order valence-electron chi connectivity index (χ4n) is 2.38. The molecule has 2 aromatic rings. The summed E-state index contributed by atoms with van der Waals surface area (Å²) in [6.07, 6.45) is 2.21. The van der Waals surface area contributed by atoms with E-state index in [1.54, 1.807) is 24.5 Å². The van der Waals surface area contributed by atoms with Crippen LogP contribution in [0.3, 0.4) is 0 Å². The van der Waals surface area contributed by atoms with Gasteiger partial charge in [-0.2, -0.15) is 0 Å². The number of nitro groups is 1. The van der Waals surface area contributed by atoms with Gasteiger partial charge in [0.25, 0.3) is 5.69 Å². The topological polar surface area (TPSA) is 68.3 Å². The van der Waals surface area contributed by atoms with Crippen LogP contribution in [0.1, 0.15) is 29.9 Å². The summed E-state index contributed by atoms with van der Waals surface area (Å²) in [6.45, 7) is 4.71. The lowest BCUT2D eigenvalue weighted by Crippen LogP contribution is -2.23. The molecule has 5 nitrogen and oxygen atoms in total. The van der Waals surface area contributed by atoms with Crippen LogP contribution in [0, 0.1) is 17.0 Å². The standard InChI is InChI=1S/C15H18N2O3/c1-3-16-14(13-8-9-20-11(13)2)10-12-6-4-5-7-15(12)17(18)19/h4-9,14,16H,3,10H2,1-2H3. The SMILES string of the molecule is CCNC(Cc1ccccc1[N+](=O)[O-])c1ccoc1C. The second kappa shape index (κ2) is 6.34. The van der Waals surface area contributed by atoms with E-state index >= 15 is 0 Å². The lowest BCUT2D eigenvalue weighted by molar-refractivity contribution is -0.385. The van der Waals surface area contributed by atoms with Gasteiger partial charge in [-0.1, -0.05) is 25.1 Å². The van der Waals surface area contributed by atoms with Gasteiger partial charge in [-0.3, -0.25) is 10.1 Å². The third kappa shape index (κ3) is 3.05. The largest absolute Gasteiger partial charge is 0.469 e. The van der Waals surface area contributed by atoms with Crippen LogP contribution in [0.4, 0.5) is 5.69 Å². The van der Waals surface area contributed by atoms with Gasteiger partial charge >= 0.3 is 0 Å². The first-order valence-electron chi connectivity index (χ1n) is 6.63.